The molecule has 1 N–H and O–H groups in total. The van der Waals surface area contributed by atoms with E-state index in [1.165, 1.54) is 23.9 Å². The van der Waals surface area contributed by atoms with Gasteiger partial charge in [0.25, 0.3) is 0 Å². The van der Waals surface area contributed by atoms with E-state index < -0.39 is 0 Å². The molecule has 0 aromatic heterocycles. The number of hydrogen-bond acceptors (Lipinski definition) is 2. The lowest BCUT2D eigenvalue weighted by atomic mass is 10.2. The van der Waals surface area contributed by atoms with Crippen molar-refractivity contribution < 1.29 is 9.18 Å². The Morgan fingerprint density at radius 3 is 2.36 bits per heavy atom. The lowest BCUT2D eigenvalue weighted by Gasteiger charge is -2.14. The van der Waals surface area contributed by atoms with Gasteiger partial charge < -0.3 is 5.32 Å². The first kappa shape index (κ1) is 17.1. The molecule has 22 heavy (non-hydrogen) atoms. The second-order valence-electron chi connectivity index (χ2n) is 4.67. The first-order valence-electron chi connectivity index (χ1n) is 6.58. The van der Waals surface area contributed by atoms with Gasteiger partial charge in [0.15, 0.2) is 0 Å². The summed E-state index contributed by atoms with van der Waals surface area (Å²) in [4.78, 5) is 12.2. The summed E-state index contributed by atoms with van der Waals surface area (Å²) in [7, 11) is 0. The molecule has 0 aliphatic carbocycles. The Labute approximate surface area is 143 Å². The number of anilines is 1. The molecule has 2 aromatic rings. The molecule has 2 rings (SSSR count). The van der Waals surface area contributed by atoms with E-state index in [0.717, 1.165) is 5.56 Å². The van der Waals surface area contributed by atoms with Crippen molar-refractivity contribution in [1.29, 1.82) is 0 Å². The van der Waals surface area contributed by atoms with Crippen LogP contribution in [0.25, 0.3) is 0 Å². The molecule has 0 aliphatic rings. The summed E-state index contributed by atoms with van der Waals surface area (Å²) in [5, 5.41) is 3.25. The molecule has 0 fully saturated rings. The Bertz CT molecular complexity index is 643. The normalized spacial score (nSPS) is 12.0. The van der Waals surface area contributed by atoms with E-state index in [1.807, 2.05) is 0 Å². The summed E-state index contributed by atoms with van der Waals surface area (Å²) in [6.45, 7) is 1.80. The molecule has 1 atom stereocenters. The number of benzene rings is 2. The maximum atomic E-state index is 12.8. The summed E-state index contributed by atoms with van der Waals surface area (Å²) in [5.74, 6) is 0.167. The number of amides is 1. The van der Waals surface area contributed by atoms with Crippen LogP contribution in [0.4, 0.5) is 10.1 Å². The predicted octanol–water partition coefficient (Wildman–Crippen LogP) is 5.39. The van der Waals surface area contributed by atoms with Crippen molar-refractivity contribution >= 4 is 46.6 Å². The van der Waals surface area contributed by atoms with Gasteiger partial charge in [0.1, 0.15) is 5.82 Å². The van der Waals surface area contributed by atoms with E-state index in [2.05, 4.69) is 5.32 Å². The summed E-state index contributed by atoms with van der Waals surface area (Å²) in [6, 6.07) is 11.3. The molecule has 0 bridgehead atoms. The predicted molar refractivity (Wildman–Crippen MR) is 92.2 cm³/mol. The second-order valence-corrected chi connectivity index (χ2v) is 6.81. The lowest BCUT2D eigenvalue weighted by Crippen LogP contribution is -2.23. The summed E-state index contributed by atoms with van der Waals surface area (Å²) in [6.07, 6.45) is 0. The van der Waals surface area contributed by atoms with Gasteiger partial charge in [0.2, 0.25) is 5.91 Å². The smallest absolute Gasteiger partial charge is 0.237 e. The van der Waals surface area contributed by atoms with Crippen LogP contribution >= 0.6 is 35.0 Å². The largest absolute Gasteiger partial charge is 0.323 e. The third-order valence-electron chi connectivity index (χ3n) is 2.99. The van der Waals surface area contributed by atoms with Gasteiger partial charge in [-0.2, -0.15) is 0 Å². The van der Waals surface area contributed by atoms with E-state index in [9.17, 15) is 9.18 Å². The number of halogens is 3. The molecule has 0 saturated carbocycles. The van der Waals surface area contributed by atoms with Gasteiger partial charge in [-0.1, -0.05) is 41.4 Å². The van der Waals surface area contributed by atoms with Crippen molar-refractivity contribution in [2.45, 2.75) is 17.9 Å². The molecule has 2 nitrogen and oxygen atoms in total. The number of nitrogens with one attached hydrogen (secondary N) is 1. The van der Waals surface area contributed by atoms with Gasteiger partial charge in [-0.15, -0.1) is 11.8 Å². The molecule has 0 spiro atoms. The standard InChI is InChI=1S/C16H14Cl2FNOS/c1-10(22-9-11-5-7-12(19)8-6-11)16(21)20-15-13(17)3-2-4-14(15)18/h2-8,10H,9H2,1H3,(H,20,21). The molecule has 0 aliphatic heterocycles. The minimum atomic E-state index is -0.294. The van der Waals surface area contributed by atoms with E-state index in [-0.39, 0.29) is 17.0 Å². The van der Waals surface area contributed by atoms with E-state index >= 15 is 0 Å². The van der Waals surface area contributed by atoms with Crippen molar-refractivity contribution in [2.24, 2.45) is 0 Å². The van der Waals surface area contributed by atoms with Crippen molar-refractivity contribution in [3.8, 4) is 0 Å². The number of thioether (sulfide) groups is 1. The first-order valence-corrected chi connectivity index (χ1v) is 8.39. The third kappa shape index (κ3) is 4.63. The molecule has 1 unspecified atom stereocenters. The number of rotatable bonds is 5. The molecular formula is C16H14Cl2FNOS. The Balaban J connectivity index is 1.93. The fraction of sp³-hybridized carbons (Fsp3) is 0.188. The number of carbonyl (C=O) groups excluding carboxylic acids is 1. The van der Waals surface area contributed by atoms with E-state index in [4.69, 9.17) is 23.2 Å². The highest BCUT2D eigenvalue weighted by Gasteiger charge is 2.16. The minimum Gasteiger partial charge on any atom is -0.323 e. The van der Waals surface area contributed by atoms with Crippen LogP contribution in [0.15, 0.2) is 42.5 Å². The van der Waals surface area contributed by atoms with Gasteiger partial charge in [-0.3, -0.25) is 4.79 Å². The quantitative estimate of drug-likeness (QED) is 0.776. The van der Waals surface area contributed by atoms with Gasteiger partial charge in [-0.05, 0) is 36.8 Å². The van der Waals surface area contributed by atoms with Crippen LogP contribution in [0.5, 0.6) is 0 Å². The van der Waals surface area contributed by atoms with Crippen molar-refractivity contribution in [3.05, 3.63) is 63.9 Å². The van der Waals surface area contributed by atoms with Crippen LogP contribution in [0.2, 0.25) is 10.0 Å². The summed E-state index contributed by atoms with van der Waals surface area (Å²) >= 11 is 13.5. The van der Waals surface area contributed by atoms with Crippen molar-refractivity contribution in [3.63, 3.8) is 0 Å². The molecule has 0 saturated heterocycles. The van der Waals surface area contributed by atoms with Crippen molar-refractivity contribution in [1.82, 2.24) is 0 Å². The molecule has 6 heteroatoms. The zero-order valence-electron chi connectivity index (χ0n) is 11.8. The molecule has 0 heterocycles. The van der Waals surface area contributed by atoms with Crippen LogP contribution in [-0.2, 0) is 10.5 Å². The average molecular weight is 358 g/mol. The average Bonchev–Trinajstić information content (AvgIpc) is 2.50. The van der Waals surface area contributed by atoms with E-state index in [1.54, 1.807) is 37.3 Å². The monoisotopic (exact) mass is 357 g/mol. The molecular weight excluding hydrogens is 344 g/mol. The molecule has 116 valence electrons. The van der Waals surface area contributed by atoms with Gasteiger partial charge in [0.05, 0.1) is 21.0 Å². The van der Waals surface area contributed by atoms with Gasteiger partial charge >= 0.3 is 0 Å². The Morgan fingerprint density at radius 2 is 1.77 bits per heavy atom. The van der Waals surface area contributed by atoms with Crippen LogP contribution in [0, 0.1) is 5.82 Å². The number of para-hydroxylation sites is 1. The topological polar surface area (TPSA) is 29.1 Å². The fourth-order valence-corrected chi connectivity index (χ4v) is 3.06. The first-order chi connectivity index (χ1) is 10.5. The highest BCUT2D eigenvalue weighted by molar-refractivity contribution is 7.99. The highest BCUT2D eigenvalue weighted by atomic mass is 35.5. The maximum absolute atomic E-state index is 12.8. The summed E-state index contributed by atoms with van der Waals surface area (Å²) in [5.41, 5.74) is 1.38. The highest BCUT2D eigenvalue weighted by Crippen LogP contribution is 2.30. The maximum Gasteiger partial charge on any atom is 0.237 e. The third-order valence-corrected chi connectivity index (χ3v) is 4.84. The fourth-order valence-electron chi connectivity index (χ4n) is 1.72. The van der Waals surface area contributed by atoms with Gasteiger partial charge in [0, 0.05) is 5.75 Å². The molecule has 1 amide bonds. The Kier molecular flexibility index (Phi) is 6.12. The SMILES string of the molecule is CC(SCc1ccc(F)cc1)C(=O)Nc1c(Cl)cccc1Cl. The summed E-state index contributed by atoms with van der Waals surface area (Å²) < 4.78 is 12.8. The Hall–Kier alpha value is -1.23. The Morgan fingerprint density at radius 1 is 1.18 bits per heavy atom. The second kappa shape index (κ2) is 7.86. The van der Waals surface area contributed by atoms with E-state index in [0.29, 0.717) is 21.5 Å². The minimum absolute atomic E-state index is 0.179. The van der Waals surface area contributed by atoms with Crippen LogP contribution in [-0.4, -0.2) is 11.2 Å². The number of carbonyl (C=O) groups is 1. The molecule has 2 aromatic carbocycles. The van der Waals surface area contributed by atoms with Crippen LogP contribution in [0.1, 0.15) is 12.5 Å². The van der Waals surface area contributed by atoms with Gasteiger partial charge in [-0.25, -0.2) is 4.39 Å². The zero-order valence-corrected chi connectivity index (χ0v) is 14.1. The zero-order chi connectivity index (χ0) is 16.1. The number of hydrogen-bond donors (Lipinski definition) is 1. The lowest BCUT2D eigenvalue weighted by molar-refractivity contribution is -0.115. The molecule has 0 radical (unpaired) electrons. The van der Waals surface area contributed by atoms with Crippen molar-refractivity contribution in [2.75, 3.05) is 5.32 Å². The van der Waals surface area contributed by atoms with Crippen LogP contribution in [0.3, 0.4) is 0 Å². The van der Waals surface area contributed by atoms with Crippen LogP contribution < -0.4 is 5.32 Å².